The Balaban J connectivity index is 2.07. The van der Waals surface area contributed by atoms with Crippen LogP contribution in [-0.4, -0.2) is 13.1 Å². The summed E-state index contributed by atoms with van der Waals surface area (Å²) >= 11 is 0. The average molecular weight is 222 g/mol. The van der Waals surface area contributed by atoms with E-state index in [0.29, 0.717) is 6.54 Å². The van der Waals surface area contributed by atoms with E-state index in [1.54, 1.807) is 6.07 Å². The van der Waals surface area contributed by atoms with Gasteiger partial charge in [0.1, 0.15) is 5.82 Å². The third-order valence-electron chi connectivity index (χ3n) is 3.20. The van der Waals surface area contributed by atoms with Gasteiger partial charge in [0.25, 0.3) is 0 Å². The van der Waals surface area contributed by atoms with Crippen molar-refractivity contribution in [2.75, 3.05) is 13.1 Å². The van der Waals surface area contributed by atoms with Gasteiger partial charge in [0.05, 0.1) is 0 Å². The standard InChI is InChI=1S/C13H19FN2/c1-9-2-5-11(14)6-12(9)13(7-15)16-8-10-3-4-10/h2,5-6,10,13,16H,3-4,7-8,15H2,1H3. The Bertz CT molecular complexity index is 361. The van der Waals surface area contributed by atoms with Gasteiger partial charge in [-0.3, -0.25) is 0 Å². The molecule has 1 saturated carbocycles. The van der Waals surface area contributed by atoms with Crippen LogP contribution in [-0.2, 0) is 0 Å². The Morgan fingerprint density at radius 1 is 1.50 bits per heavy atom. The lowest BCUT2D eigenvalue weighted by molar-refractivity contribution is 0.516. The van der Waals surface area contributed by atoms with Crippen LogP contribution < -0.4 is 11.1 Å². The molecule has 1 aliphatic carbocycles. The van der Waals surface area contributed by atoms with Crippen LogP contribution in [0.25, 0.3) is 0 Å². The number of hydrogen-bond donors (Lipinski definition) is 2. The van der Waals surface area contributed by atoms with E-state index < -0.39 is 0 Å². The molecule has 0 heterocycles. The van der Waals surface area contributed by atoms with Gasteiger partial charge in [-0.1, -0.05) is 6.07 Å². The number of rotatable bonds is 5. The van der Waals surface area contributed by atoms with E-state index in [1.165, 1.54) is 18.9 Å². The fourth-order valence-electron chi connectivity index (χ4n) is 1.94. The molecule has 0 radical (unpaired) electrons. The van der Waals surface area contributed by atoms with Crippen LogP contribution in [0.1, 0.15) is 30.0 Å². The van der Waals surface area contributed by atoms with Crippen molar-refractivity contribution >= 4 is 0 Å². The Morgan fingerprint density at radius 3 is 2.88 bits per heavy atom. The van der Waals surface area contributed by atoms with Gasteiger partial charge >= 0.3 is 0 Å². The highest BCUT2D eigenvalue weighted by Crippen LogP contribution is 2.29. The molecular weight excluding hydrogens is 203 g/mol. The maximum Gasteiger partial charge on any atom is 0.123 e. The number of halogens is 1. The van der Waals surface area contributed by atoms with E-state index in [4.69, 9.17) is 5.73 Å². The molecule has 1 unspecified atom stereocenters. The van der Waals surface area contributed by atoms with E-state index in [-0.39, 0.29) is 11.9 Å². The Hall–Kier alpha value is -0.930. The first-order valence-corrected chi connectivity index (χ1v) is 5.90. The molecule has 1 aliphatic rings. The fraction of sp³-hybridized carbons (Fsp3) is 0.538. The van der Waals surface area contributed by atoms with Gasteiger partial charge in [0.2, 0.25) is 0 Å². The van der Waals surface area contributed by atoms with Gasteiger partial charge in [-0.25, -0.2) is 4.39 Å². The molecule has 1 aromatic rings. The van der Waals surface area contributed by atoms with Crippen molar-refractivity contribution in [1.82, 2.24) is 5.32 Å². The molecule has 0 saturated heterocycles. The van der Waals surface area contributed by atoms with Crippen molar-refractivity contribution in [3.8, 4) is 0 Å². The zero-order valence-corrected chi connectivity index (χ0v) is 9.67. The van der Waals surface area contributed by atoms with Gasteiger partial charge in [0, 0.05) is 12.6 Å². The summed E-state index contributed by atoms with van der Waals surface area (Å²) in [5, 5.41) is 3.42. The first-order valence-electron chi connectivity index (χ1n) is 5.90. The molecule has 88 valence electrons. The molecule has 0 amide bonds. The lowest BCUT2D eigenvalue weighted by Gasteiger charge is -2.19. The first kappa shape index (κ1) is 11.6. The second kappa shape index (κ2) is 4.93. The number of nitrogens with one attached hydrogen (secondary N) is 1. The second-order valence-electron chi connectivity index (χ2n) is 4.64. The van der Waals surface area contributed by atoms with E-state index in [0.717, 1.165) is 23.6 Å². The van der Waals surface area contributed by atoms with Gasteiger partial charge < -0.3 is 11.1 Å². The van der Waals surface area contributed by atoms with E-state index in [2.05, 4.69) is 5.32 Å². The van der Waals surface area contributed by atoms with E-state index in [1.807, 2.05) is 13.0 Å². The molecule has 16 heavy (non-hydrogen) atoms. The lowest BCUT2D eigenvalue weighted by Crippen LogP contribution is -2.30. The minimum atomic E-state index is -0.188. The molecular formula is C13H19FN2. The Kier molecular flexibility index (Phi) is 3.56. The highest BCUT2D eigenvalue weighted by molar-refractivity contribution is 5.29. The van der Waals surface area contributed by atoms with Crippen molar-refractivity contribution < 1.29 is 4.39 Å². The minimum absolute atomic E-state index is 0.0799. The quantitative estimate of drug-likeness (QED) is 0.801. The fourth-order valence-corrected chi connectivity index (χ4v) is 1.94. The third-order valence-corrected chi connectivity index (χ3v) is 3.20. The monoisotopic (exact) mass is 222 g/mol. The van der Waals surface area contributed by atoms with Crippen molar-refractivity contribution in [3.05, 3.63) is 35.1 Å². The summed E-state index contributed by atoms with van der Waals surface area (Å²) in [5.41, 5.74) is 7.83. The van der Waals surface area contributed by atoms with Crippen LogP contribution in [0.3, 0.4) is 0 Å². The molecule has 1 fully saturated rings. The summed E-state index contributed by atoms with van der Waals surface area (Å²) in [6, 6.07) is 4.97. The molecule has 3 heteroatoms. The molecule has 1 aromatic carbocycles. The number of hydrogen-bond acceptors (Lipinski definition) is 2. The zero-order chi connectivity index (χ0) is 11.5. The van der Waals surface area contributed by atoms with Crippen molar-refractivity contribution in [2.45, 2.75) is 25.8 Å². The lowest BCUT2D eigenvalue weighted by atomic mass is 10.0. The Labute approximate surface area is 96.0 Å². The molecule has 0 aliphatic heterocycles. The highest BCUT2D eigenvalue weighted by Gasteiger charge is 2.22. The van der Waals surface area contributed by atoms with Crippen molar-refractivity contribution in [3.63, 3.8) is 0 Å². The van der Waals surface area contributed by atoms with E-state index >= 15 is 0 Å². The molecule has 2 nitrogen and oxygen atoms in total. The van der Waals surface area contributed by atoms with Gasteiger partial charge in [-0.05, 0) is 55.5 Å². The first-order chi connectivity index (χ1) is 7.70. The van der Waals surface area contributed by atoms with Crippen LogP contribution in [0.2, 0.25) is 0 Å². The highest BCUT2D eigenvalue weighted by atomic mass is 19.1. The molecule has 2 rings (SSSR count). The maximum atomic E-state index is 13.2. The minimum Gasteiger partial charge on any atom is -0.329 e. The van der Waals surface area contributed by atoms with Crippen LogP contribution in [0.4, 0.5) is 4.39 Å². The number of nitrogens with two attached hydrogens (primary N) is 1. The predicted octanol–water partition coefficient (Wildman–Crippen LogP) is 2.13. The predicted molar refractivity (Wildman–Crippen MR) is 63.7 cm³/mol. The molecule has 0 spiro atoms. The van der Waals surface area contributed by atoms with Crippen molar-refractivity contribution in [1.29, 1.82) is 0 Å². The number of aryl methyl sites for hydroxylation is 1. The molecule has 0 bridgehead atoms. The van der Waals surface area contributed by atoms with Gasteiger partial charge in [-0.2, -0.15) is 0 Å². The van der Waals surface area contributed by atoms with Crippen LogP contribution in [0.5, 0.6) is 0 Å². The van der Waals surface area contributed by atoms with E-state index in [9.17, 15) is 4.39 Å². The number of benzene rings is 1. The topological polar surface area (TPSA) is 38.0 Å². The summed E-state index contributed by atoms with van der Waals surface area (Å²) in [6.07, 6.45) is 2.62. The molecule has 0 aromatic heterocycles. The summed E-state index contributed by atoms with van der Waals surface area (Å²) in [6.45, 7) is 3.51. The van der Waals surface area contributed by atoms with Gasteiger partial charge in [-0.15, -0.1) is 0 Å². The normalized spacial score (nSPS) is 17.4. The summed E-state index contributed by atoms with van der Waals surface area (Å²) < 4.78 is 13.2. The zero-order valence-electron chi connectivity index (χ0n) is 9.67. The molecule has 3 N–H and O–H groups in total. The maximum absolute atomic E-state index is 13.2. The third kappa shape index (κ3) is 2.80. The SMILES string of the molecule is Cc1ccc(F)cc1C(CN)NCC1CC1. The summed E-state index contributed by atoms with van der Waals surface area (Å²) in [7, 11) is 0. The largest absolute Gasteiger partial charge is 0.329 e. The van der Waals surface area contributed by atoms with Gasteiger partial charge in [0.15, 0.2) is 0 Å². The summed E-state index contributed by atoms with van der Waals surface area (Å²) in [4.78, 5) is 0. The second-order valence-corrected chi connectivity index (χ2v) is 4.64. The van der Waals surface area contributed by atoms with Crippen LogP contribution in [0, 0.1) is 18.7 Å². The van der Waals surface area contributed by atoms with Crippen molar-refractivity contribution in [2.24, 2.45) is 11.7 Å². The Morgan fingerprint density at radius 2 is 2.25 bits per heavy atom. The summed E-state index contributed by atoms with van der Waals surface area (Å²) in [5.74, 6) is 0.621. The average Bonchev–Trinajstić information content (AvgIpc) is 3.07. The molecule has 1 atom stereocenters. The van der Waals surface area contributed by atoms with Crippen LogP contribution in [0.15, 0.2) is 18.2 Å². The smallest absolute Gasteiger partial charge is 0.123 e. The van der Waals surface area contributed by atoms with Crippen LogP contribution >= 0.6 is 0 Å².